The van der Waals surface area contributed by atoms with Gasteiger partial charge >= 0.3 is 0 Å². The van der Waals surface area contributed by atoms with Gasteiger partial charge in [-0.25, -0.2) is 23.2 Å². The fourth-order valence-electron chi connectivity index (χ4n) is 3.38. The van der Waals surface area contributed by atoms with E-state index in [0.29, 0.717) is 24.5 Å². The number of aliphatic hydroxyl groups is 1. The van der Waals surface area contributed by atoms with Gasteiger partial charge in [-0.2, -0.15) is 0 Å². The van der Waals surface area contributed by atoms with Crippen LogP contribution in [0.25, 0.3) is 5.69 Å². The molecule has 166 valence electrons. The largest absolute Gasteiger partial charge is 0.395 e. The molecule has 3 rings (SSSR count). The van der Waals surface area contributed by atoms with E-state index in [1.807, 2.05) is 37.3 Å². The molecule has 1 aromatic heterocycles. The Balaban J connectivity index is 1.97. The van der Waals surface area contributed by atoms with Gasteiger partial charge < -0.3 is 5.11 Å². The van der Waals surface area contributed by atoms with Crippen molar-refractivity contribution in [2.75, 3.05) is 13.2 Å². The van der Waals surface area contributed by atoms with Crippen molar-refractivity contribution in [3.05, 3.63) is 71.8 Å². The van der Waals surface area contributed by atoms with E-state index in [1.54, 1.807) is 16.8 Å². The number of nitrogens with zero attached hydrogens (tertiary/aromatic N) is 4. The van der Waals surface area contributed by atoms with Crippen LogP contribution < -0.4 is 5.14 Å². The Morgan fingerprint density at radius 2 is 1.81 bits per heavy atom. The Labute approximate surface area is 183 Å². The smallest absolute Gasteiger partial charge is 0.238 e. The lowest BCUT2D eigenvalue weighted by Gasteiger charge is -2.25. The predicted molar refractivity (Wildman–Crippen MR) is 119 cm³/mol. The van der Waals surface area contributed by atoms with Gasteiger partial charge in [0.15, 0.2) is 5.82 Å². The van der Waals surface area contributed by atoms with Crippen LogP contribution in [0.15, 0.2) is 59.5 Å². The van der Waals surface area contributed by atoms with Crippen LogP contribution >= 0.6 is 0 Å². The van der Waals surface area contributed by atoms with Crippen LogP contribution in [0, 0.1) is 0 Å². The van der Waals surface area contributed by atoms with Crippen molar-refractivity contribution in [3.63, 3.8) is 0 Å². The summed E-state index contributed by atoms with van der Waals surface area (Å²) in [6, 6.07) is 16.3. The molecule has 0 aliphatic heterocycles. The summed E-state index contributed by atoms with van der Waals surface area (Å²) in [5.41, 5.74) is 1.80. The summed E-state index contributed by atoms with van der Waals surface area (Å²) in [5, 5.41) is 19.5. The van der Waals surface area contributed by atoms with Crippen LogP contribution in [-0.2, 0) is 23.0 Å². The van der Waals surface area contributed by atoms with Gasteiger partial charge in [0.25, 0.3) is 0 Å². The van der Waals surface area contributed by atoms with Crippen LogP contribution in [0.5, 0.6) is 0 Å². The molecule has 0 spiro atoms. The van der Waals surface area contributed by atoms with E-state index in [2.05, 4.69) is 11.8 Å². The quantitative estimate of drug-likeness (QED) is 0.496. The molecule has 3 N–H and O–H groups in total. The first-order chi connectivity index (χ1) is 14.8. The van der Waals surface area contributed by atoms with E-state index in [-0.39, 0.29) is 17.5 Å². The fourth-order valence-corrected chi connectivity index (χ4v) is 3.89. The van der Waals surface area contributed by atoms with Crippen molar-refractivity contribution in [3.8, 4) is 5.69 Å². The van der Waals surface area contributed by atoms with E-state index in [4.69, 9.17) is 15.2 Å². The van der Waals surface area contributed by atoms with Crippen LogP contribution in [0.4, 0.5) is 0 Å². The molecule has 9 heteroatoms. The SMILES string of the molecule is CCCN(Cc1nc(Cc2ccccc2)n(-c2ccc(S(N)(=O)=O)cc2)n1)[C@H](C)CO. The summed E-state index contributed by atoms with van der Waals surface area (Å²) in [4.78, 5) is 6.97. The minimum absolute atomic E-state index is 0.00137. The van der Waals surface area contributed by atoms with Crippen LogP contribution in [-0.4, -0.2) is 52.4 Å². The normalized spacial score (nSPS) is 12.9. The molecule has 0 saturated heterocycles. The third-order valence-electron chi connectivity index (χ3n) is 5.08. The first kappa shape index (κ1) is 23.1. The summed E-state index contributed by atoms with van der Waals surface area (Å²) in [6.07, 6.45) is 1.53. The Bertz CT molecular complexity index is 1080. The number of hydrogen-bond donors (Lipinski definition) is 2. The predicted octanol–water partition coefficient (Wildman–Crippen LogP) is 2.10. The van der Waals surface area contributed by atoms with Crippen LogP contribution in [0.3, 0.4) is 0 Å². The van der Waals surface area contributed by atoms with Crippen molar-refractivity contribution in [2.24, 2.45) is 5.14 Å². The summed E-state index contributed by atoms with van der Waals surface area (Å²) < 4.78 is 24.9. The first-order valence-corrected chi connectivity index (χ1v) is 11.8. The molecular formula is C22H29N5O3S. The molecule has 0 amide bonds. The second-order valence-electron chi connectivity index (χ2n) is 7.56. The third-order valence-corrected chi connectivity index (χ3v) is 6.01. The fraction of sp³-hybridized carbons (Fsp3) is 0.364. The van der Waals surface area contributed by atoms with Gasteiger partial charge in [0.1, 0.15) is 5.82 Å². The highest BCUT2D eigenvalue weighted by atomic mass is 32.2. The average molecular weight is 444 g/mol. The topological polar surface area (TPSA) is 114 Å². The molecule has 31 heavy (non-hydrogen) atoms. The molecule has 8 nitrogen and oxygen atoms in total. The molecule has 3 aromatic rings. The maximum atomic E-state index is 11.6. The standard InChI is InChI=1S/C22H29N5O3S/c1-3-13-26(17(2)16-28)15-21-24-22(14-18-7-5-4-6-8-18)27(25-21)19-9-11-20(12-10-19)31(23,29)30/h4-12,17,28H,3,13-16H2,1-2H3,(H2,23,29,30)/t17-/m1/s1. The van der Waals surface area contributed by atoms with E-state index in [9.17, 15) is 13.5 Å². The van der Waals surface area contributed by atoms with Crippen molar-refractivity contribution in [1.82, 2.24) is 19.7 Å². The van der Waals surface area contributed by atoms with E-state index in [0.717, 1.165) is 24.4 Å². The van der Waals surface area contributed by atoms with E-state index >= 15 is 0 Å². The molecule has 0 aliphatic rings. The average Bonchev–Trinajstić information content (AvgIpc) is 3.15. The zero-order valence-electron chi connectivity index (χ0n) is 17.8. The number of primary sulfonamides is 1. The number of hydrogen-bond acceptors (Lipinski definition) is 6. The number of rotatable bonds is 10. The molecule has 1 heterocycles. The summed E-state index contributed by atoms with van der Waals surface area (Å²) in [5.74, 6) is 1.40. The highest BCUT2D eigenvalue weighted by molar-refractivity contribution is 7.89. The summed E-state index contributed by atoms with van der Waals surface area (Å²) >= 11 is 0. The van der Waals surface area contributed by atoms with Gasteiger partial charge in [-0.15, -0.1) is 5.10 Å². The zero-order valence-corrected chi connectivity index (χ0v) is 18.7. The molecule has 2 aromatic carbocycles. The molecule has 0 fully saturated rings. The van der Waals surface area contributed by atoms with Gasteiger partial charge in [-0.05, 0) is 49.7 Å². The minimum atomic E-state index is -3.77. The highest BCUT2D eigenvalue weighted by Gasteiger charge is 2.18. The van der Waals surface area contributed by atoms with Gasteiger partial charge in [0, 0.05) is 12.5 Å². The molecule has 0 aliphatic carbocycles. The minimum Gasteiger partial charge on any atom is -0.395 e. The van der Waals surface area contributed by atoms with Crippen molar-refractivity contribution >= 4 is 10.0 Å². The Morgan fingerprint density at radius 1 is 1.13 bits per heavy atom. The Hall–Kier alpha value is -2.59. The third kappa shape index (κ3) is 5.98. The second kappa shape index (κ2) is 10.1. The number of aromatic nitrogens is 3. The number of nitrogens with two attached hydrogens (primary N) is 1. The molecule has 0 saturated carbocycles. The molecule has 0 bridgehead atoms. The lowest BCUT2D eigenvalue weighted by Crippen LogP contribution is -2.36. The van der Waals surface area contributed by atoms with Gasteiger partial charge in [0.2, 0.25) is 10.0 Å². The monoisotopic (exact) mass is 443 g/mol. The van der Waals surface area contributed by atoms with Gasteiger partial charge in [0.05, 0.1) is 23.7 Å². The molecular weight excluding hydrogens is 414 g/mol. The summed E-state index contributed by atoms with van der Waals surface area (Å²) in [7, 11) is -3.77. The lowest BCUT2D eigenvalue weighted by atomic mass is 10.1. The molecule has 0 unspecified atom stereocenters. The second-order valence-corrected chi connectivity index (χ2v) is 9.12. The van der Waals surface area contributed by atoms with E-state index in [1.165, 1.54) is 12.1 Å². The molecule has 1 atom stereocenters. The zero-order chi connectivity index (χ0) is 22.4. The van der Waals surface area contributed by atoms with Crippen molar-refractivity contribution in [2.45, 2.75) is 44.2 Å². The maximum Gasteiger partial charge on any atom is 0.238 e. The molecule has 0 radical (unpaired) electrons. The van der Waals surface area contributed by atoms with E-state index < -0.39 is 10.0 Å². The maximum absolute atomic E-state index is 11.6. The van der Waals surface area contributed by atoms with Gasteiger partial charge in [-0.3, -0.25) is 4.90 Å². The van der Waals surface area contributed by atoms with Crippen molar-refractivity contribution < 1.29 is 13.5 Å². The lowest BCUT2D eigenvalue weighted by molar-refractivity contribution is 0.125. The summed E-state index contributed by atoms with van der Waals surface area (Å²) in [6.45, 7) is 5.47. The highest BCUT2D eigenvalue weighted by Crippen LogP contribution is 2.17. The Morgan fingerprint density at radius 3 is 2.39 bits per heavy atom. The van der Waals surface area contributed by atoms with Gasteiger partial charge in [-0.1, -0.05) is 37.3 Å². The van der Waals surface area contributed by atoms with Crippen LogP contribution in [0.1, 0.15) is 37.5 Å². The number of aliphatic hydroxyl groups excluding tert-OH is 1. The van der Waals surface area contributed by atoms with Crippen LogP contribution in [0.2, 0.25) is 0 Å². The number of benzene rings is 2. The number of sulfonamides is 1. The first-order valence-electron chi connectivity index (χ1n) is 10.3. The Kier molecular flexibility index (Phi) is 7.55. The van der Waals surface area contributed by atoms with Crippen molar-refractivity contribution in [1.29, 1.82) is 0 Å².